The summed E-state index contributed by atoms with van der Waals surface area (Å²) in [6.45, 7) is 6.42. The molecule has 0 aromatic rings. The average molecular weight is 196 g/mol. The van der Waals surface area contributed by atoms with Crippen LogP contribution in [0.4, 0.5) is 0 Å². The van der Waals surface area contributed by atoms with E-state index < -0.39 is 0 Å². The van der Waals surface area contributed by atoms with E-state index >= 15 is 0 Å². The molecule has 1 heterocycles. The van der Waals surface area contributed by atoms with Gasteiger partial charge in [0.25, 0.3) is 0 Å². The lowest BCUT2D eigenvalue weighted by molar-refractivity contribution is -0.134. The van der Waals surface area contributed by atoms with Crippen molar-refractivity contribution in [2.24, 2.45) is 5.73 Å². The van der Waals surface area contributed by atoms with Crippen molar-refractivity contribution in [3.8, 4) is 0 Å². The van der Waals surface area contributed by atoms with Crippen LogP contribution in [0.3, 0.4) is 0 Å². The molecule has 3 nitrogen and oxygen atoms in total. The highest BCUT2D eigenvalue weighted by molar-refractivity contribution is 5.78. The zero-order valence-corrected chi connectivity index (χ0v) is 8.91. The molecule has 1 amide bonds. The largest absolute Gasteiger partial charge is 0.338 e. The normalized spacial score (nSPS) is 24.4. The van der Waals surface area contributed by atoms with E-state index in [9.17, 15) is 4.79 Å². The Morgan fingerprint density at radius 1 is 1.71 bits per heavy atom. The lowest BCUT2D eigenvalue weighted by atomic mass is 9.96. The quantitative estimate of drug-likeness (QED) is 0.691. The minimum atomic E-state index is 0.0732. The van der Waals surface area contributed by atoms with E-state index in [4.69, 9.17) is 5.73 Å². The van der Waals surface area contributed by atoms with Crippen LogP contribution in [0.1, 0.15) is 32.6 Å². The van der Waals surface area contributed by atoms with E-state index in [0.717, 1.165) is 19.4 Å². The number of carbonyl (C=O) groups excluding carboxylic acids is 1. The third kappa shape index (κ3) is 2.58. The third-order valence-electron chi connectivity index (χ3n) is 2.80. The van der Waals surface area contributed by atoms with Gasteiger partial charge in [-0.3, -0.25) is 4.79 Å². The van der Waals surface area contributed by atoms with Crippen molar-refractivity contribution in [2.45, 2.75) is 44.7 Å². The molecule has 2 N–H and O–H groups in total. The Morgan fingerprint density at radius 2 is 2.43 bits per heavy atom. The summed E-state index contributed by atoms with van der Waals surface area (Å²) in [7, 11) is 0. The number of carbonyl (C=O) groups is 1. The van der Waals surface area contributed by atoms with Gasteiger partial charge in [-0.15, -0.1) is 6.58 Å². The summed E-state index contributed by atoms with van der Waals surface area (Å²) in [5.74, 6) is 0.169. The Labute approximate surface area is 86.0 Å². The Balaban J connectivity index is 2.62. The van der Waals surface area contributed by atoms with Crippen LogP contribution in [0.25, 0.3) is 0 Å². The van der Waals surface area contributed by atoms with Gasteiger partial charge in [-0.2, -0.15) is 0 Å². The Hall–Kier alpha value is -0.830. The first-order valence-corrected chi connectivity index (χ1v) is 5.32. The first kappa shape index (κ1) is 11.2. The molecule has 2 unspecified atom stereocenters. The second-order valence-electron chi connectivity index (χ2n) is 4.00. The number of piperidine rings is 1. The van der Waals surface area contributed by atoms with E-state index in [1.165, 1.54) is 6.42 Å². The molecule has 2 atom stereocenters. The lowest BCUT2D eigenvalue weighted by Gasteiger charge is -2.38. The van der Waals surface area contributed by atoms with Gasteiger partial charge in [0.15, 0.2) is 0 Å². The van der Waals surface area contributed by atoms with Gasteiger partial charge in [0, 0.05) is 25.0 Å². The van der Waals surface area contributed by atoms with Gasteiger partial charge in [-0.25, -0.2) is 0 Å². The monoisotopic (exact) mass is 196 g/mol. The predicted octanol–water partition coefficient (Wildman–Crippen LogP) is 1.29. The fourth-order valence-corrected chi connectivity index (χ4v) is 2.05. The molecule has 0 saturated carbocycles. The van der Waals surface area contributed by atoms with E-state index in [-0.39, 0.29) is 18.0 Å². The van der Waals surface area contributed by atoms with Crippen LogP contribution in [0.2, 0.25) is 0 Å². The fourth-order valence-electron chi connectivity index (χ4n) is 2.05. The maximum atomic E-state index is 11.7. The van der Waals surface area contributed by atoms with Crippen LogP contribution in [-0.4, -0.2) is 29.4 Å². The van der Waals surface area contributed by atoms with Crippen LogP contribution in [0, 0.1) is 0 Å². The van der Waals surface area contributed by atoms with Crippen molar-refractivity contribution in [3.63, 3.8) is 0 Å². The molecule has 0 aromatic carbocycles. The topological polar surface area (TPSA) is 46.3 Å². The highest BCUT2D eigenvalue weighted by Crippen LogP contribution is 2.19. The van der Waals surface area contributed by atoms with Crippen LogP contribution in [0.5, 0.6) is 0 Å². The number of hydrogen-bond donors (Lipinski definition) is 1. The van der Waals surface area contributed by atoms with Crippen LogP contribution < -0.4 is 5.73 Å². The molecule has 0 aromatic heterocycles. The minimum absolute atomic E-state index is 0.0732. The number of hydrogen-bond acceptors (Lipinski definition) is 2. The first-order valence-electron chi connectivity index (χ1n) is 5.32. The number of amides is 1. The van der Waals surface area contributed by atoms with Gasteiger partial charge in [-0.1, -0.05) is 6.08 Å². The average Bonchev–Trinajstić information content (AvgIpc) is 2.18. The molecule has 0 radical (unpaired) electrons. The second-order valence-corrected chi connectivity index (χ2v) is 4.00. The Morgan fingerprint density at radius 3 is 3.00 bits per heavy atom. The number of rotatable bonds is 3. The maximum absolute atomic E-state index is 11.7. The van der Waals surface area contributed by atoms with Gasteiger partial charge < -0.3 is 10.6 Å². The zero-order chi connectivity index (χ0) is 10.6. The van der Waals surface area contributed by atoms with Gasteiger partial charge in [0.2, 0.25) is 5.91 Å². The zero-order valence-electron chi connectivity index (χ0n) is 8.91. The number of likely N-dealkylation sites (tertiary alicyclic amines) is 1. The van der Waals surface area contributed by atoms with E-state index in [0.29, 0.717) is 6.42 Å². The summed E-state index contributed by atoms with van der Waals surface area (Å²) < 4.78 is 0. The molecule has 80 valence electrons. The molecule has 1 fully saturated rings. The van der Waals surface area contributed by atoms with Gasteiger partial charge >= 0.3 is 0 Å². The van der Waals surface area contributed by atoms with Crippen LogP contribution in [-0.2, 0) is 4.79 Å². The van der Waals surface area contributed by atoms with E-state index in [1.54, 1.807) is 6.08 Å². The maximum Gasteiger partial charge on any atom is 0.226 e. The lowest BCUT2D eigenvalue weighted by Crippen LogP contribution is -2.51. The highest BCUT2D eigenvalue weighted by Gasteiger charge is 2.28. The molecule has 0 spiro atoms. The van der Waals surface area contributed by atoms with Gasteiger partial charge in [-0.05, 0) is 26.2 Å². The van der Waals surface area contributed by atoms with Crippen molar-refractivity contribution < 1.29 is 4.79 Å². The third-order valence-corrected chi connectivity index (χ3v) is 2.80. The summed E-state index contributed by atoms with van der Waals surface area (Å²) in [6.07, 6.45) is 5.43. The molecular weight excluding hydrogens is 176 g/mol. The molecule has 3 heteroatoms. The SMILES string of the molecule is C=CCC(=O)N1CCCCC1C(C)N. The van der Waals surface area contributed by atoms with Crippen molar-refractivity contribution in [1.29, 1.82) is 0 Å². The molecular formula is C11H20N2O. The number of nitrogens with zero attached hydrogens (tertiary/aromatic N) is 1. The van der Waals surface area contributed by atoms with Crippen molar-refractivity contribution >= 4 is 5.91 Å². The molecule has 1 aliphatic rings. The summed E-state index contributed by atoms with van der Waals surface area (Å²) in [4.78, 5) is 13.6. The Kier molecular flexibility index (Phi) is 4.14. The standard InChI is InChI=1S/C11H20N2O/c1-3-6-11(14)13-8-5-4-7-10(13)9(2)12/h3,9-10H,1,4-8,12H2,2H3. The summed E-state index contributed by atoms with van der Waals surface area (Å²) >= 11 is 0. The Bertz CT molecular complexity index is 213. The molecule has 1 saturated heterocycles. The molecule has 0 aliphatic carbocycles. The number of nitrogens with two attached hydrogens (primary N) is 1. The summed E-state index contributed by atoms with van der Waals surface area (Å²) in [5, 5.41) is 0. The smallest absolute Gasteiger partial charge is 0.226 e. The van der Waals surface area contributed by atoms with Crippen molar-refractivity contribution in [2.75, 3.05) is 6.54 Å². The summed E-state index contributed by atoms with van der Waals surface area (Å²) in [6, 6.07) is 0.306. The van der Waals surface area contributed by atoms with Crippen molar-refractivity contribution in [1.82, 2.24) is 4.90 Å². The van der Waals surface area contributed by atoms with Gasteiger partial charge in [0.1, 0.15) is 0 Å². The van der Waals surface area contributed by atoms with Crippen LogP contribution in [0.15, 0.2) is 12.7 Å². The van der Waals surface area contributed by atoms with Gasteiger partial charge in [0.05, 0.1) is 0 Å². The molecule has 1 aliphatic heterocycles. The second kappa shape index (κ2) is 5.15. The fraction of sp³-hybridized carbons (Fsp3) is 0.727. The molecule has 1 rings (SSSR count). The predicted molar refractivity (Wildman–Crippen MR) is 57.8 cm³/mol. The van der Waals surface area contributed by atoms with E-state index in [1.807, 2.05) is 11.8 Å². The first-order chi connectivity index (χ1) is 6.66. The molecule has 14 heavy (non-hydrogen) atoms. The van der Waals surface area contributed by atoms with E-state index in [2.05, 4.69) is 6.58 Å². The van der Waals surface area contributed by atoms with Crippen molar-refractivity contribution in [3.05, 3.63) is 12.7 Å². The van der Waals surface area contributed by atoms with Crippen LogP contribution >= 0.6 is 0 Å². The molecule has 0 bridgehead atoms. The highest BCUT2D eigenvalue weighted by atomic mass is 16.2. The minimum Gasteiger partial charge on any atom is -0.338 e. The summed E-state index contributed by atoms with van der Waals surface area (Å²) in [5.41, 5.74) is 5.87.